The first kappa shape index (κ1) is 9.97. The molecule has 1 heterocycles. The zero-order valence-electron chi connectivity index (χ0n) is 7.97. The molecule has 0 saturated carbocycles. The predicted octanol–water partition coefficient (Wildman–Crippen LogP) is 3.58. The van der Waals surface area contributed by atoms with Crippen molar-refractivity contribution < 1.29 is 4.39 Å². The molecule has 0 radical (unpaired) electrons. The average molecular weight is 258 g/mol. The summed E-state index contributed by atoms with van der Waals surface area (Å²) in [6, 6.07) is 5.28. The van der Waals surface area contributed by atoms with Crippen LogP contribution in [0.3, 0.4) is 0 Å². The molecule has 0 bridgehead atoms. The van der Waals surface area contributed by atoms with Gasteiger partial charge in [-0.2, -0.15) is 0 Å². The van der Waals surface area contributed by atoms with Gasteiger partial charge in [-0.3, -0.25) is 0 Å². The van der Waals surface area contributed by atoms with Crippen molar-refractivity contribution in [2.24, 2.45) is 0 Å². The number of hydrogen-bond acceptors (Lipinski definition) is 1. The van der Waals surface area contributed by atoms with Gasteiger partial charge in [0.25, 0.3) is 0 Å². The SMILES string of the molecule is Fc1cc(Br)ccc1N1CCCCC1. The highest BCUT2D eigenvalue weighted by molar-refractivity contribution is 9.10. The molecule has 14 heavy (non-hydrogen) atoms. The van der Waals surface area contributed by atoms with Crippen LogP contribution in [-0.4, -0.2) is 13.1 Å². The van der Waals surface area contributed by atoms with Crippen LogP contribution in [0.5, 0.6) is 0 Å². The van der Waals surface area contributed by atoms with Gasteiger partial charge in [0.1, 0.15) is 5.82 Å². The van der Waals surface area contributed by atoms with Gasteiger partial charge in [-0.1, -0.05) is 15.9 Å². The van der Waals surface area contributed by atoms with Gasteiger partial charge < -0.3 is 4.90 Å². The van der Waals surface area contributed by atoms with Crippen molar-refractivity contribution in [1.29, 1.82) is 0 Å². The lowest BCUT2D eigenvalue weighted by molar-refractivity contribution is 0.557. The molecular formula is C11H13BrFN. The van der Waals surface area contributed by atoms with E-state index in [1.807, 2.05) is 12.1 Å². The Kier molecular flexibility index (Phi) is 3.06. The van der Waals surface area contributed by atoms with Crippen LogP contribution in [0.4, 0.5) is 10.1 Å². The van der Waals surface area contributed by atoms with Crippen LogP contribution in [0.2, 0.25) is 0 Å². The molecular weight excluding hydrogens is 245 g/mol. The minimum atomic E-state index is -0.124. The lowest BCUT2D eigenvalue weighted by Crippen LogP contribution is -2.30. The highest BCUT2D eigenvalue weighted by atomic mass is 79.9. The quantitative estimate of drug-likeness (QED) is 0.744. The molecule has 1 aliphatic heterocycles. The van der Waals surface area contributed by atoms with Gasteiger partial charge >= 0.3 is 0 Å². The van der Waals surface area contributed by atoms with E-state index in [1.165, 1.54) is 25.3 Å². The monoisotopic (exact) mass is 257 g/mol. The number of hydrogen-bond donors (Lipinski definition) is 0. The first-order valence-electron chi connectivity index (χ1n) is 4.97. The van der Waals surface area contributed by atoms with E-state index < -0.39 is 0 Å². The average Bonchev–Trinajstić information content (AvgIpc) is 2.19. The van der Waals surface area contributed by atoms with Gasteiger partial charge in [-0.05, 0) is 37.5 Å². The van der Waals surface area contributed by atoms with Crippen LogP contribution in [-0.2, 0) is 0 Å². The first-order chi connectivity index (χ1) is 6.77. The predicted molar refractivity (Wildman–Crippen MR) is 60.2 cm³/mol. The van der Waals surface area contributed by atoms with Crippen LogP contribution in [0.1, 0.15) is 19.3 Å². The summed E-state index contributed by atoms with van der Waals surface area (Å²) < 4.78 is 14.4. The van der Waals surface area contributed by atoms with E-state index in [4.69, 9.17) is 0 Å². The summed E-state index contributed by atoms with van der Waals surface area (Å²) >= 11 is 3.26. The molecule has 0 aliphatic carbocycles. The molecule has 0 unspecified atom stereocenters. The van der Waals surface area contributed by atoms with E-state index in [2.05, 4.69) is 20.8 Å². The van der Waals surface area contributed by atoms with Crippen molar-refractivity contribution in [2.45, 2.75) is 19.3 Å². The Morgan fingerprint density at radius 2 is 1.86 bits per heavy atom. The lowest BCUT2D eigenvalue weighted by atomic mass is 10.1. The molecule has 76 valence electrons. The number of halogens is 2. The number of anilines is 1. The maximum atomic E-state index is 13.6. The number of rotatable bonds is 1. The van der Waals surface area contributed by atoms with Crippen LogP contribution in [0, 0.1) is 5.82 Å². The van der Waals surface area contributed by atoms with Gasteiger partial charge in [0.05, 0.1) is 5.69 Å². The molecule has 0 aromatic heterocycles. The first-order valence-corrected chi connectivity index (χ1v) is 5.77. The van der Waals surface area contributed by atoms with Gasteiger partial charge in [0, 0.05) is 17.6 Å². The molecule has 0 amide bonds. The van der Waals surface area contributed by atoms with Crippen molar-refractivity contribution in [1.82, 2.24) is 0 Å². The van der Waals surface area contributed by atoms with E-state index in [0.717, 1.165) is 23.2 Å². The smallest absolute Gasteiger partial charge is 0.147 e. The minimum absolute atomic E-state index is 0.124. The largest absolute Gasteiger partial charge is 0.369 e. The van der Waals surface area contributed by atoms with Gasteiger partial charge in [-0.15, -0.1) is 0 Å². The highest BCUT2D eigenvalue weighted by Gasteiger charge is 2.14. The zero-order valence-corrected chi connectivity index (χ0v) is 9.56. The summed E-state index contributed by atoms with van der Waals surface area (Å²) in [6.45, 7) is 1.97. The number of benzene rings is 1. The van der Waals surface area contributed by atoms with E-state index in [0.29, 0.717) is 0 Å². The molecule has 1 fully saturated rings. The summed E-state index contributed by atoms with van der Waals surface area (Å²) in [5.74, 6) is -0.124. The van der Waals surface area contributed by atoms with Gasteiger partial charge in [0.15, 0.2) is 0 Å². The molecule has 1 aromatic rings. The van der Waals surface area contributed by atoms with Crippen molar-refractivity contribution in [2.75, 3.05) is 18.0 Å². The topological polar surface area (TPSA) is 3.24 Å². The third kappa shape index (κ3) is 2.08. The van der Waals surface area contributed by atoms with Crippen LogP contribution in [0.25, 0.3) is 0 Å². The fraction of sp³-hybridized carbons (Fsp3) is 0.455. The Hall–Kier alpha value is -0.570. The summed E-state index contributed by atoms with van der Waals surface area (Å²) in [6.07, 6.45) is 3.62. The summed E-state index contributed by atoms with van der Waals surface area (Å²) in [7, 11) is 0. The Morgan fingerprint density at radius 3 is 2.50 bits per heavy atom. The molecule has 1 saturated heterocycles. The number of piperidine rings is 1. The van der Waals surface area contributed by atoms with Crippen molar-refractivity contribution in [3.05, 3.63) is 28.5 Å². The summed E-state index contributed by atoms with van der Waals surface area (Å²) in [5, 5.41) is 0. The third-order valence-corrected chi connectivity index (χ3v) is 3.10. The van der Waals surface area contributed by atoms with E-state index >= 15 is 0 Å². The standard InChI is InChI=1S/C11H13BrFN/c12-9-4-5-11(10(13)8-9)14-6-2-1-3-7-14/h4-5,8H,1-3,6-7H2. The van der Waals surface area contributed by atoms with Gasteiger partial charge in [0.2, 0.25) is 0 Å². The minimum Gasteiger partial charge on any atom is -0.369 e. The van der Waals surface area contributed by atoms with Crippen LogP contribution < -0.4 is 4.90 Å². The van der Waals surface area contributed by atoms with Crippen LogP contribution in [0.15, 0.2) is 22.7 Å². The molecule has 3 heteroatoms. The third-order valence-electron chi connectivity index (χ3n) is 2.61. The second-order valence-corrected chi connectivity index (χ2v) is 4.56. The van der Waals surface area contributed by atoms with Gasteiger partial charge in [-0.25, -0.2) is 4.39 Å². The lowest BCUT2D eigenvalue weighted by Gasteiger charge is -2.29. The maximum absolute atomic E-state index is 13.6. The Morgan fingerprint density at radius 1 is 1.14 bits per heavy atom. The molecule has 1 nitrogen and oxygen atoms in total. The maximum Gasteiger partial charge on any atom is 0.147 e. The summed E-state index contributed by atoms with van der Waals surface area (Å²) in [4.78, 5) is 2.13. The Balaban J connectivity index is 2.22. The normalized spacial score (nSPS) is 17.1. The highest BCUT2D eigenvalue weighted by Crippen LogP contribution is 2.25. The fourth-order valence-corrected chi connectivity index (χ4v) is 2.21. The fourth-order valence-electron chi connectivity index (χ4n) is 1.87. The second-order valence-electron chi connectivity index (χ2n) is 3.64. The summed E-state index contributed by atoms with van der Waals surface area (Å²) in [5.41, 5.74) is 0.743. The molecule has 1 aliphatic rings. The molecule has 1 aromatic carbocycles. The van der Waals surface area contributed by atoms with Crippen molar-refractivity contribution in [3.8, 4) is 0 Å². The molecule has 0 N–H and O–H groups in total. The van der Waals surface area contributed by atoms with E-state index in [9.17, 15) is 4.39 Å². The van der Waals surface area contributed by atoms with Crippen molar-refractivity contribution in [3.63, 3.8) is 0 Å². The van der Waals surface area contributed by atoms with E-state index in [-0.39, 0.29) is 5.82 Å². The van der Waals surface area contributed by atoms with Crippen molar-refractivity contribution >= 4 is 21.6 Å². The molecule has 0 spiro atoms. The second kappa shape index (κ2) is 4.30. The molecule has 0 atom stereocenters. The van der Waals surface area contributed by atoms with E-state index in [1.54, 1.807) is 0 Å². The Bertz CT molecular complexity index is 321. The zero-order chi connectivity index (χ0) is 9.97. The Labute approximate surface area is 92.0 Å². The number of nitrogens with zero attached hydrogens (tertiary/aromatic N) is 1. The molecule has 2 rings (SSSR count). The van der Waals surface area contributed by atoms with Crippen LogP contribution >= 0.6 is 15.9 Å².